The normalized spacial score (nSPS) is 45.5. The number of nitrogens with one attached hydrogen (secondary N) is 1. The van der Waals surface area contributed by atoms with Gasteiger partial charge in [-0.3, -0.25) is 4.79 Å². The summed E-state index contributed by atoms with van der Waals surface area (Å²) in [5, 5.41) is 3.32. The lowest BCUT2D eigenvalue weighted by molar-refractivity contribution is -0.171. The Labute approximate surface area is 152 Å². The lowest BCUT2D eigenvalue weighted by atomic mass is 9.40. The monoisotopic (exact) mass is 349 g/mol. The zero-order chi connectivity index (χ0) is 17.9. The van der Waals surface area contributed by atoms with E-state index in [-0.39, 0.29) is 5.41 Å². The van der Waals surface area contributed by atoms with Gasteiger partial charge in [-0.15, -0.1) is 0 Å². The van der Waals surface area contributed by atoms with Crippen LogP contribution in [0.1, 0.15) is 72.6 Å². The maximum atomic E-state index is 13.2. The first-order valence-electron chi connectivity index (χ1n) is 10.2. The Bertz CT molecular complexity index is 535. The van der Waals surface area contributed by atoms with Gasteiger partial charge in [0.1, 0.15) is 0 Å². The van der Waals surface area contributed by atoms with Crippen molar-refractivity contribution in [3.63, 3.8) is 0 Å². The molecule has 1 aliphatic heterocycles. The fourth-order valence-corrected chi connectivity index (χ4v) is 7.54. The van der Waals surface area contributed by atoms with E-state index in [0.717, 1.165) is 38.1 Å². The summed E-state index contributed by atoms with van der Waals surface area (Å²) in [5.41, 5.74) is 0.666. The Kier molecular flexibility index (Phi) is 4.05. The number of hydrogen-bond acceptors (Lipinski definition) is 3. The molecule has 5 rings (SSSR count). The zero-order valence-corrected chi connectivity index (χ0v) is 16.5. The van der Waals surface area contributed by atoms with Crippen LogP contribution in [0.15, 0.2) is 0 Å². The van der Waals surface area contributed by atoms with Crippen LogP contribution >= 0.6 is 0 Å². The van der Waals surface area contributed by atoms with Gasteiger partial charge in [-0.25, -0.2) is 0 Å². The van der Waals surface area contributed by atoms with E-state index in [1.54, 1.807) is 0 Å². The van der Waals surface area contributed by atoms with Gasteiger partial charge in [-0.2, -0.15) is 0 Å². The second-order valence-electron chi connectivity index (χ2n) is 10.8. The molecule has 142 valence electrons. The number of carbonyl (C=O) groups is 1. The highest BCUT2D eigenvalue weighted by atomic mass is 16.7. The van der Waals surface area contributed by atoms with E-state index >= 15 is 0 Å². The first-order chi connectivity index (χ1) is 11.6. The molecule has 0 aromatic carbocycles. The Morgan fingerprint density at radius 2 is 1.64 bits per heavy atom. The summed E-state index contributed by atoms with van der Waals surface area (Å²) >= 11 is 0. The first kappa shape index (κ1) is 17.8. The number of rotatable bonds is 5. The van der Waals surface area contributed by atoms with Crippen molar-refractivity contribution in [1.29, 1.82) is 0 Å². The zero-order valence-electron chi connectivity index (χ0n) is 16.5. The molecule has 1 saturated heterocycles. The Balaban J connectivity index is 1.38. The van der Waals surface area contributed by atoms with E-state index < -0.39 is 5.79 Å². The minimum Gasteiger partial charge on any atom is -0.355 e. The van der Waals surface area contributed by atoms with Crippen LogP contribution < -0.4 is 5.32 Å². The van der Waals surface area contributed by atoms with E-state index in [1.807, 2.05) is 6.92 Å². The van der Waals surface area contributed by atoms with Gasteiger partial charge in [0.15, 0.2) is 5.79 Å². The molecule has 1 N–H and O–H groups in total. The summed E-state index contributed by atoms with van der Waals surface area (Å²) in [6.07, 6.45) is 8.12. The van der Waals surface area contributed by atoms with Crippen LogP contribution in [0.5, 0.6) is 0 Å². The lowest BCUT2D eigenvalue weighted by Gasteiger charge is -2.64. The van der Waals surface area contributed by atoms with E-state index in [0.29, 0.717) is 35.9 Å². The third-order valence-electron chi connectivity index (χ3n) is 7.34. The second kappa shape index (κ2) is 5.69. The van der Waals surface area contributed by atoms with Gasteiger partial charge in [0.05, 0.1) is 18.6 Å². The van der Waals surface area contributed by atoms with Crippen LogP contribution in [-0.2, 0) is 14.3 Å². The highest BCUT2D eigenvalue weighted by Gasteiger charge is 2.62. The fourth-order valence-electron chi connectivity index (χ4n) is 7.54. The van der Waals surface area contributed by atoms with Gasteiger partial charge in [0.25, 0.3) is 0 Å². The summed E-state index contributed by atoms with van der Waals surface area (Å²) in [5.74, 6) is 0.964. The maximum Gasteiger partial charge on any atom is 0.226 e. The van der Waals surface area contributed by atoms with E-state index in [1.165, 1.54) is 19.3 Å². The maximum absolute atomic E-state index is 13.2. The standard InChI is InChI=1S/C21H35NO3/c1-15(7-20(4)24-5-6-25-20)11-22-17(23)21-10-16-8-18(2,13-21)12-19(3,9-16)14-21/h15-16H,5-14H2,1-4H3,(H,22,23)/t15-,16?,18-,19+,21?/m0/s1. The van der Waals surface area contributed by atoms with Crippen molar-refractivity contribution in [1.82, 2.24) is 5.32 Å². The third-order valence-corrected chi connectivity index (χ3v) is 7.34. The molecule has 0 spiro atoms. The molecule has 5 aliphatic rings. The molecule has 0 aromatic rings. The third kappa shape index (κ3) is 3.25. The molecule has 1 amide bonds. The van der Waals surface area contributed by atoms with Crippen molar-refractivity contribution in [2.45, 2.75) is 78.4 Å². The molecule has 4 aliphatic carbocycles. The summed E-state index contributed by atoms with van der Waals surface area (Å²) < 4.78 is 11.4. The number of amides is 1. The van der Waals surface area contributed by atoms with Gasteiger partial charge in [-0.1, -0.05) is 20.8 Å². The van der Waals surface area contributed by atoms with Crippen molar-refractivity contribution in [3.05, 3.63) is 0 Å². The molecule has 5 fully saturated rings. The Morgan fingerprint density at radius 3 is 2.20 bits per heavy atom. The Morgan fingerprint density at radius 1 is 1.04 bits per heavy atom. The molecule has 4 heteroatoms. The highest BCUT2D eigenvalue weighted by Crippen LogP contribution is 2.69. The summed E-state index contributed by atoms with van der Waals surface area (Å²) in [4.78, 5) is 13.2. The average molecular weight is 350 g/mol. The van der Waals surface area contributed by atoms with E-state index in [2.05, 4.69) is 26.1 Å². The molecule has 5 atom stereocenters. The van der Waals surface area contributed by atoms with Crippen LogP contribution in [0, 0.1) is 28.1 Å². The molecule has 0 radical (unpaired) electrons. The van der Waals surface area contributed by atoms with Gasteiger partial charge < -0.3 is 14.8 Å². The van der Waals surface area contributed by atoms with Crippen LogP contribution in [0.2, 0.25) is 0 Å². The molecule has 0 aromatic heterocycles. The van der Waals surface area contributed by atoms with Crippen molar-refractivity contribution in [2.24, 2.45) is 28.1 Å². The van der Waals surface area contributed by atoms with Crippen molar-refractivity contribution >= 4 is 5.91 Å². The summed E-state index contributed by atoms with van der Waals surface area (Å²) in [7, 11) is 0. The quantitative estimate of drug-likeness (QED) is 0.819. The van der Waals surface area contributed by atoms with Gasteiger partial charge >= 0.3 is 0 Å². The van der Waals surface area contributed by atoms with Crippen LogP contribution in [0.4, 0.5) is 0 Å². The lowest BCUT2D eigenvalue weighted by Crippen LogP contribution is -2.60. The van der Waals surface area contributed by atoms with Gasteiger partial charge in [-0.05, 0) is 68.1 Å². The highest BCUT2D eigenvalue weighted by molar-refractivity contribution is 5.83. The van der Waals surface area contributed by atoms with Crippen LogP contribution in [0.3, 0.4) is 0 Å². The van der Waals surface area contributed by atoms with Gasteiger partial charge in [0, 0.05) is 13.0 Å². The van der Waals surface area contributed by atoms with Gasteiger partial charge in [0.2, 0.25) is 5.91 Å². The topological polar surface area (TPSA) is 47.6 Å². The molecule has 25 heavy (non-hydrogen) atoms. The largest absolute Gasteiger partial charge is 0.355 e. The Hall–Kier alpha value is -0.610. The van der Waals surface area contributed by atoms with Crippen LogP contribution in [0.25, 0.3) is 0 Å². The SMILES string of the molecule is C[C@H](CNC(=O)C12CC3C[C@@](C)(C1)C[C@](C)(C3)C2)CC1(C)OCCO1. The minimum absolute atomic E-state index is 0.104. The minimum atomic E-state index is -0.466. The number of ether oxygens (including phenoxy) is 2. The van der Waals surface area contributed by atoms with E-state index in [4.69, 9.17) is 9.47 Å². The number of hydrogen-bond donors (Lipinski definition) is 1. The molecular weight excluding hydrogens is 314 g/mol. The molecule has 2 unspecified atom stereocenters. The summed E-state index contributed by atoms with van der Waals surface area (Å²) in [6.45, 7) is 11.1. The first-order valence-corrected chi connectivity index (χ1v) is 10.2. The number of carbonyl (C=O) groups excluding carboxylic acids is 1. The summed E-state index contributed by atoms with van der Waals surface area (Å²) in [6, 6.07) is 0. The van der Waals surface area contributed by atoms with Crippen molar-refractivity contribution in [3.8, 4) is 0 Å². The molecule has 1 heterocycles. The van der Waals surface area contributed by atoms with Crippen molar-refractivity contribution in [2.75, 3.05) is 19.8 Å². The molecule has 4 bridgehead atoms. The van der Waals surface area contributed by atoms with Crippen LogP contribution in [-0.4, -0.2) is 31.5 Å². The van der Waals surface area contributed by atoms with E-state index in [9.17, 15) is 4.79 Å². The average Bonchev–Trinajstić information content (AvgIpc) is 2.87. The smallest absolute Gasteiger partial charge is 0.226 e. The molecular formula is C21H35NO3. The fraction of sp³-hybridized carbons (Fsp3) is 0.952. The second-order valence-corrected chi connectivity index (χ2v) is 10.8. The van der Waals surface area contributed by atoms with Crippen molar-refractivity contribution < 1.29 is 14.3 Å². The molecule has 4 saturated carbocycles. The predicted octanol–water partition coefficient (Wildman–Crippen LogP) is 3.89. The predicted molar refractivity (Wildman–Crippen MR) is 96.9 cm³/mol. The molecule has 4 nitrogen and oxygen atoms in total.